The summed E-state index contributed by atoms with van der Waals surface area (Å²) in [6, 6.07) is 15.2. The van der Waals surface area contributed by atoms with Crippen molar-refractivity contribution in [1.29, 1.82) is 0 Å². The van der Waals surface area contributed by atoms with E-state index in [0.29, 0.717) is 23.9 Å². The van der Waals surface area contributed by atoms with Gasteiger partial charge in [-0.25, -0.2) is 25.4 Å². The zero-order chi connectivity index (χ0) is 22.4. The van der Waals surface area contributed by atoms with Crippen LogP contribution in [-0.4, -0.2) is 47.2 Å². The molecule has 0 aliphatic rings. The summed E-state index contributed by atoms with van der Waals surface area (Å²) < 4.78 is 53.6. The number of nitrogens with two attached hydrogens (primary N) is 2. The maximum atomic E-state index is 13.0. The third-order valence-corrected chi connectivity index (χ3v) is 9.73. The van der Waals surface area contributed by atoms with Crippen molar-refractivity contribution in [2.45, 2.75) is 9.79 Å². The van der Waals surface area contributed by atoms with Crippen LogP contribution in [0.15, 0.2) is 70.5 Å². The summed E-state index contributed by atoms with van der Waals surface area (Å²) in [4.78, 5) is -0.00992. The molecule has 0 atom stereocenters. The Kier molecular flexibility index (Phi) is 9.05. The van der Waals surface area contributed by atoms with Crippen LogP contribution in [0.5, 0.6) is 0 Å². The molecule has 0 amide bonds. The van der Waals surface area contributed by atoms with Crippen LogP contribution in [0.1, 0.15) is 0 Å². The van der Waals surface area contributed by atoms with Crippen molar-refractivity contribution in [3.8, 4) is 0 Å². The zero-order valence-corrected chi connectivity index (χ0v) is 20.2. The highest BCUT2D eigenvalue weighted by atomic mass is 32.2. The molecule has 14 heteroatoms. The second-order valence-corrected chi connectivity index (χ2v) is 11.8. The van der Waals surface area contributed by atoms with Crippen molar-refractivity contribution in [1.82, 2.24) is 8.61 Å². The molecule has 0 aromatic heterocycles. The van der Waals surface area contributed by atoms with Crippen molar-refractivity contribution >= 4 is 77.0 Å². The van der Waals surface area contributed by atoms with Crippen LogP contribution in [0.2, 0.25) is 0 Å². The molecular weight excluding hydrogens is 505 g/mol. The summed E-state index contributed by atoms with van der Waals surface area (Å²) in [7, 11) is -8.12. The molecule has 0 spiro atoms. The number of benzene rings is 2. The topological polar surface area (TPSA) is 127 Å². The summed E-state index contributed by atoms with van der Waals surface area (Å²) in [5.41, 5.74) is 0. The summed E-state index contributed by atoms with van der Waals surface area (Å²) in [5.74, 6) is 0. The van der Waals surface area contributed by atoms with E-state index in [1.54, 1.807) is 36.4 Å². The minimum atomic E-state index is -4.06. The van der Waals surface area contributed by atoms with Crippen LogP contribution in [0.4, 0.5) is 0 Å². The lowest BCUT2D eigenvalue weighted by Crippen LogP contribution is -2.44. The van der Waals surface area contributed by atoms with Gasteiger partial charge in [-0.2, -0.15) is 0 Å². The summed E-state index contributed by atoms with van der Waals surface area (Å²) in [5, 5.41) is 11.0. The minimum absolute atomic E-state index is 0.00496. The van der Waals surface area contributed by atoms with Gasteiger partial charge in [0.2, 0.25) is 0 Å². The molecule has 2 rings (SSSR count). The highest BCUT2D eigenvalue weighted by Crippen LogP contribution is 2.22. The molecule has 0 radical (unpaired) electrons. The molecule has 0 fully saturated rings. The molecule has 0 saturated carbocycles. The molecule has 4 N–H and O–H groups in total. The number of thiocarbonyl (C=S) groups is 2. The molecule has 2 aromatic rings. The van der Waals surface area contributed by atoms with Crippen molar-refractivity contribution in [3.63, 3.8) is 0 Å². The first-order chi connectivity index (χ1) is 14.2. The predicted molar refractivity (Wildman–Crippen MR) is 129 cm³/mol. The van der Waals surface area contributed by atoms with E-state index in [4.69, 9.17) is 34.7 Å². The van der Waals surface area contributed by atoms with Crippen LogP contribution in [-0.2, 0) is 20.0 Å². The normalized spacial score (nSPS) is 11.7. The van der Waals surface area contributed by atoms with Gasteiger partial charge in [0.25, 0.3) is 20.0 Å². The Morgan fingerprint density at radius 3 is 1.27 bits per heavy atom. The molecule has 0 aliphatic heterocycles. The van der Waals surface area contributed by atoms with Gasteiger partial charge in [-0.15, -0.1) is 0 Å². The molecule has 2 aromatic carbocycles. The van der Waals surface area contributed by atoms with E-state index in [-0.39, 0.29) is 31.5 Å². The lowest BCUT2D eigenvalue weighted by atomic mass is 10.4. The maximum absolute atomic E-state index is 13.0. The Balaban J connectivity index is 2.39. The Labute approximate surface area is 195 Å². The Bertz CT molecular complexity index is 1010. The van der Waals surface area contributed by atoms with Gasteiger partial charge in [0.15, 0.2) is 8.64 Å². The lowest BCUT2D eigenvalue weighted by molar-refractivity contribution is 0.480. The van der Waals surface area contributed by atoms with Crippen molar-refractivity contribution in [2.75, 3.05) is 13.1 Å². The fraction of sp³-hybridized carbons (Fsp3) is 0.125. The third-order valence-electron chi connectivity index (χ3n) is 3.78. The number of hydrogen-bond acceptors (Lipinski definition) is 10. The van der Waals surface area contributed by atoms with Gasteiger partial charge < -0.3 is 0 Å². The van der Waals surface area contributed by atoms with E-state index >= 15 is 0 Å². The Hall–Kier alpha value is -1.26. The van der Waals surface area contributed by atoms with Crippen molar-refractivity contribution in [3.05, 3.63) is 60.7 Å². The van der Waals surface area contributed by atoms with Gasteiger partial charge in [-0.1, -0.05) is 60.8 Å². The van der Waals surface area contributed by atoms with Crippen LogP contribution in [0.3, 0.4) is 0 Å². The van der Waals surface area contributed by atoms with Crippen LogP contribution >= 0.6 is 48.3 Å². The monoisotopic (exact) mass is 522 g/mol. The summed E-state index contributed by atoms with van der Waals surface area (Å²) in [6.45, 7) is -0.625. The smallest absolute Gasteiger partial charge is 0.265 e. The first-order valence-corrected chi connectivity index (χ1v) is 13.6. The number of nitrogens with zero attached hydrogens (tertiary/aromatic N) is 2. The first-order valence-electron chi connectivity index (χ1n) is 8.13. The van der Waals surface area contributed by atoms with Crippen LogP contribution in [0, 0.1) is 0 Å². The molecule has 0 unspecified atom stereocenters. The maximum Gasteiger partial charge on any atom is 0.265 e. The third kappa shape index (κ3) is 5.70. The van der Waals surface area contributed by atoms with Crippen LogP contribution < -0.4 is 10.3 Å². The Morgan fingerprint density at radius 2 is 1.00 bits per heavy atom. The molecule has 0 aliphatic carbocycles. The SMILES string of the molecule is NSC(=S)N(CCN(C(=S)SN)S(=O)(=O)c1ccccc1)S(=O)(=O)c1ccccc1. The fourth-order valence-electron chi connectivity index (χ4n) is 2.36. The molecule has 0 bridgehead atoms. The average molecular weight is 523 g/mol. The highest BCUT2D eigenvalue weighted by Gasteiger charge is 2.31. The van der Waals surface area contributed by atoms with E-state index in [2.05, 4.69) is 0 Å². The molecule has 0 saturated heterocycles. The van der Waals surface area contributed by atoms with Gasteiger partial charge in [0.05, 0.1) is 22.9 Å². The Morgan fingerprint density at radius 1 is 0.700 bits per heavy atom. The van der Waals surface area contributed by atoms with Crippen LogP contribution in [0.25, 0.3) is 0 Å². The molecule has 8 nitrogen and oxygen atoms in total. The number of hydrogen-bond donors (Lipinski definition) is 2. The fourth-order valence-corrected chi connectivity index (χ4v) is 6.94. The predicted octanol–water partition coefficient (Wildman–Crippen LogP) is 2.15. The van der Waals surface area contributed by atoms with E-state index in [0.717, 1.165) is 8.61 Å². The van der Waals surface area contributed by atoms with E-state index in [9.17, 15) is 16.8 Å². The second kappa shape index (κ2) is 10.9. The number of sulfonamides is 2. The molecule has 0 heterocycles. The average Bonchev–Trinajstić information content (AvgIpc) is 2.76. The van der Waals surface area contributed by atoms with Gasteiger partial charge >= 0.3 is 0 Å². The second-order valence-electron chi connectivity index (χ2n) is 5.55. The van der Waals surface area contributed by atoms with Gasteiger partial charge in [-0.3, -0.25) is 10.3 Å². The highest BCUT2D eigenvalue weighted by molar-refractivity contribution is 8.22. The van der Waals surface area contributed by atoms with E-state index in [1.165, 1.54) is 24.3 Å². The first kappa shape index (κ1) is 25.0. The van der Waals surface area contributed by atoms with Crippen molar-refractivity contribution in [2.24, 2.45) is 10.3 Å². The summed E-state index contributed by atoms with van der Waals surface area (Å²) >= 11 is 11.4. The molecule has 162 valence electrons. The van der Waals surface area contributed by atoms with Gasteiger partial charge in [0, 0.05) is 0 Å². The zero-order valence-electron chi connectivity index (χ0n) is 15.3. The summed E-state index contributed by atoms with van der Waals surface area (Å²) in [6.07, 6.45) is 0. The lowest BCUT2D eigenvalue weighted by Gasteiger charge is -2.28. The van der Waals surface area contributed by atoms with Gasteiger partial charge in [-0.05, 0) is 48.2 Å². The quantitative estimate of drug-likeness (QED) is 0.412. The molecule has 30 heavy (non-hydrogen) atoms. The number of rotatable bonds is 7. The van der Waals surface area contributed by atoms with Gasteiger partial charge in [0.1, 0.15) is 0 Å². The standard InChI is InChI=1S/C16H18N4O4S6/c17-27-15(25)19(29(21,22)13-7-3-1-4-8-13)11-12-20(16(26)28-18)30(23,24)14-9-5-2-6-10-14/h1-10H,11-12,17-18H2. The largest absolute Gasteiger partial charge is 0.272 e. The van der Waals surface area contributed by atoms with E-state index < -0.39 is 20.0 Å². The van der Waals surface area contributed by atoms with E-state index in [1.807, 2.05) is 0 Å². The minimum Gasteiger partial charge on any atom is -0.272 e. The van der Waals surface area contributed by atoms with Crippen molar-refractivity contribution < 1.29 is 16.8 Å². The molecular formula is C16H18N4O4S6.